The molecule has 0 saturated carbocycles. The van der Waals surface area contributed by atoms with Crippen LogP contribution in [0.25, 0.3) is 0 Å². The molecule has 1 saturated heterocycles. The molecule has 1 amide bonds. The molecule has 26 heavy (non-hydrogen) atoms. The van der Waals surface area contributed by atoms with Gasteiger partial charge in [-0.15, -0.1) is 0 Å². The number of benzene rings is 1. The Labute approximate surface area is 155 Å². The van der Waals surface area contributed by atoms with Gasteiger partial charge in [0, 0.05) is 24.8 Å². The third-order valence-electron chi connectivity index (χ3n) is 5.60. The molecule has 1 atom stereocenters. The Bertz CT molecular complexity index is 774. The Balaban J connectivity index is 1.55. The molecule has 5 nitrogen and oxygen atoms in total. The van der Waals surface area contributed by atoms with Crippen molar-refractivity contribution in [2.24, 2.45) is 0 Å². The van der Waals surface area contributed by atoms with Gasteiger partial charge in [0.25, 0.3) is 5.91 Å². The normalized spacial score (nSPS) is 20.0. The summed E-state index contributed by atoms with van der Waals surface area (Å²) in [6, 6.07) is 8.79. The summed E-state index contributed by atoms with van der Waals surface area (Å²) in [5.74, 6) is 0.842. The number of nitrogens with zero attached hydrogens (tertiary/aromatic N) is 4. The van der Waals surface area contributed by atoms with Gasteiger partial charge in [-0.1, -0.05) is 25.1 Å². The minimum absolute atomic E-state index is 0.0228. The van der Waals surface area contributed by atoms with Crippen molar-refractivity contribution in [2.75, 3.05) is 18.0 Å². The smallest absolute Gasteiger partial charge is 0.274 e. The molecule has 136 valence electrons. The summed E-state index contributed by atoms with van der Waals surface area (Å²) in [5.41, 5.74) is 3.01. The number of aryl methyl sites for hydroxylation is 1. The number of amides is 1. The van der Waals surface area contributed by atoms with E-state index < -0.39 is 0 Å². The molecule has 0 N–H and O–H groups in total. The summed E-state index contributed by atoms with van der Waals surface area (Å²) in [4.78, 5) is 26.1. The van der Waals surface area contributed by atoms with Crippen LogP contribution in [0.15, 0.2) is 36.7 Å². The molecular formula is C21H26N4O. The molecule has 1 unspecified atom stereocenters. The van der Waals surface area contributed by atoms with Gasteiger partial charge in [-0.3, -0.25) is 4.79 Å². The fourth-order valence-corrected chi connectivity index (χ4v) is 4.18. The number of rotatable bonds is 3. The summed E-state index contributed by atoms with van der Waals surface area (Å²) in [7, 11) is 0. The van der Waals surface area contributed by atoms with E-state index in [0.29, 0.717) is 11.7 Å². The van der Waals surface area contributed by atoms with E-state index in [2.05, 4.69) is 46.1 Å². The van der Waals surface area contributed by atoms with Crippen LogP contribution in [0.1, 0.15) is 55.1 Å². The van der Waals surface area contributed by atoms with Gasteiger partial charge in [0.05, 0.1) is 12.4 Å². The Morgan fingerprint density at radius 3 is 2.81 bits per heavy atom. The second-order valence-corrected chi connectivity index (χ2v) is 7.20. The molecule has 2 aromatic rings. The van der Waals surface area contributed by atoms with Crippen LogP contribution in [-0.4, -0.2) is 39.9 Å². The van der Waals surface area contributed by atoms with Crippen molar-refractivity contribution in [1.29, 1.82) is 0 Å². The zero-order valence-corrected chi connectivity index (χ0v) is 15.4. The molecule has 2 aliphatic rings. The number of hydrogen-bond acceptors (Lipinski definition) is 4. The van der Waals surface area contributed by atoms with E-state index in [1.807, 2.05) is 4.90 Å². The van der Waals surface area contributed by atoms with Crippen LogP contribution in [0, 0.1) is 0 Å². The monoisotopic (exact) mass is 350 g/mol. The number of hydrogen-bond donors (Lipinski definition) is 0. The van der Waals surface area contributed by atoms with Crippen molar-refractivity contribution in [3.05, 3.63) is 47.9 Å². The molecule has 0 spiro atoms. The predicted octanol–water partition coefficient (Wildman–Crippen LogP) is 3.97. The third-order valence-corrected chi connectivity index (χ3v) is 5.60. The lowest BCUT2D eigenvalue weighted by atomic mass is 9.99. The van der Waals surface area contributed by atoms with Gasteiger partial charge >= 0.3 is 0 Å². The maximum Gasteiger partial charge on any atom is 0.274 e. The topological polar surface area (TPSA) is 49.3 Å². The number of carbonyl (C=O) groups excluding carboxylic acids is 1. The average molecular weight is 350 g/mol. The van der Waals surface area contributed by atoms with E-state index in [0.717, 1.165) is 51.0 Å². The standard InChI is InChI=1S/C21H26N4O/c1-2-17-10-5-6-12-24(17)21(26)18-14-23-20(15-22-18)25-13-7-9-16-8-3-4-11-19(16)25/h3-4,8,11,14-15,17H,2,5-7,9-10,12-13H2,1H3. The van der Waals surface area contributed by atoms with Gasteiger partial charge in [0.15, 0.2) is 5.82 Å². The number of fused-ring (bicyclic) bond motifs is 1. The minimum atomic E-state index is 0.0228. The molecule has 0 bridgehead atoms. The maximum atomic E-state index is 12.9. The lowest BCUT2D eigenvalue weighted by molar-refractivity contribution is 0.0601. The van der Waals surface area contributed by atoms with E-state index >= 15 is 0 Å². The van der Waals surface area contributed by atoms with Crippen LogP contribution in [0.2, 0.25) is 0 Å². The molecular weight excluding hydrogens is 324 g/mol. The Morgan fingerprint density at radius 2 is 2.00 bits per heavy atom. The van der Waals surface area contributed by atoms with Gasteiger partial charge in [0.2, 0.25) is 0 Å². The Hall–Kier alpha value is -2.43. The van der Waals surface area contributed by atoms with Crippen LogP contribution in [0.3, 0.4) is 0 Å². The summed E-state index contributed by atoms with van der Waals surface area (Å²) in [5, 5.41) is 0. The number of likely N-dealkylation sites (tertiary alicyclic amines) is 1. The molecule has 0 radical (unpaired) electrons. The zero-order valence-electron chi connectivity index (χ0n) is 15.4. The second kappa shape index (κ2) is 7.44. The van der Waals surface area contributed by atoms with Crippen LogP contribution in [0.4, 0.5) is 11.5 Å². The van der Waals surface area contributed by atoms with Crippen molar-refractivity contribution >= 4 is 17.4 Å². The lowest BCUT2D eigenvalue weighted by Crippen LogP contribution is -2.43. The van der Waals surface area contributed by atoms with Gasteiger partial charge in [0.1, 0.15) is 5.69 Å². The van der Waals surface area contributed by atoms with E-state index in [9.17, 15) is 4.79 Å². The third kappa shape index (κ3) is 3.18. The lowest BCUT2D eigenvalue weighted by Gasteiger charge is -2.35. The highest BCUT2D eigenvalue weighted by Crippen LogP contribution is 2.31. The first-order valence-electron chi connectivity index (χ1n) is 9.76. The van der Waals surface area contributed by atoms with Crippen molar-refractivity contribution in [2.45, 2.75) is 51.5 Å². The van der Waals surface area contributed by atoms with E-state index in [1.54, 1.807) is 12.4 Å². The number of para-hydroxylation sites is 1. The first kappa shape index (κ1) is 17.0. The highest BCUT2D eigenvalue weighted by Gasteiger charge is 2.27. The molecule has 4 rings (SSSR count). The number of piperidine rings is 1. The zero-order chi connectivity index (χ0) is 17.9. The summed E-state index contributed by atoms with van der Waals surface area (Å²) < 4.78 is 0. The molecule has 5 heteroatoms. The van der Waals surface area contributed by atoms with Crippen LogP contribution >= 0.6 is 0 Å². The summed E-state index contributed by atoms with van der Waals surface area (Å²) in [6.45, 7) is 3.92. The SMILES string of the molecule is CCC1CCCCN1C(=O)c1cnc(N2CCCc3ccccc32)cn1. The van der Waals surface area contributed by atoms with E-state index in [1.165, 1.54) is 17.7 Å². The van der Waals surface area contributed by atoms with Crippen LogP contribution < -0.4 is 4.90 Å². The fraction of sp³-hybridized carbons (Fsp3) is 0.476. The van der Waals surface area contributed by atoms with Gasteiger partial charge in [-0.2, -0.15) is 0 Å². The van der Waals surface area contributed by atoms with Crippen LogP contribution in [-0.2, 0) is 6.42 Å². The number of aromatic nitrogens is 2. The number of carbonyl (C=O) groups is 1. The molecule has 0 aliphatic carbocycles. The largest absolute Gasteiger partial charge is 0.334 e. The van der Waals surface area contributed by atoms with Crippen molar-refractivity contribution in [3.8, 4) is 0 Å². The first-order chi connectivity index (χ1) is 12.8. The summed E-state index contributed by atoms with van der Waals surface area (Å²) in [6.07, 6.45) is 9.99. The highest BCUT2D eigenvalue weighted by atomic mass is 16.2. The Morgan fingerprint density at radius 1 is 1.12 bits per heavy atom. The first-order valence-corrected chi connectivity index (χ1v) is 9.76. The molecule has 2 aliphatic heterocycles. The van der Waals surface area contributed by atoms with Crippen molar-refractivity contribution < 1.29 is 4.79 Å². The van der Waals surface area contributed by atoms with E-state index in [-0.39, 0.29) is 5.91 Å². The molecule has 1 fully saturated rings. The van der Waals surface area contributed by atoms with Gasteiger partial charge in [-0.25, -0.2) is 9.97 Å². The second-order valence-electron chi connectivity index (χ2n) is 7.20. The molecule has 1 aromatic carbocycles. The Kier molecular flexibility index (Phi) is 4.87. The highest BCUT2D eigenvalue weighted by molar-refractivity contribution is 5.92. The van der Waals surface area contributed by atoms with Gasteiger partial charge < -0.3 is 9.80 Å². The van der Waals surface area contributed by atoms with Crippen molar-refractivity contribution in [1.82, 2.24) is 14.9 Å². The van der Waals surface area contributed by atoms with Gasteiger partial charge in [-0.05, 0) is 50.2 Å². The molecule has 3 heterocycles. The van der Waals surface area contributed by atoms with Crippen molar-refractivity contribution in [3.63, 3.8) is 0 Å². The quantitative estimate of drug-likeness (QED) is 0.840. The summed E-state index contributed by atoms with van der Waals surface area (Å²) >= 11 is 0. The number of anilines is 2. The average Bonchev–Trinajstić information content (AvgIpc) is 2.73. The van der Waals surface area contributed by atoms with E-state index in [4.69, 9.17) is 0 Å². The van der Waals surface area contributed by atoms with Crippen LogP contribution in [0.5, 0.6) is 0 Å². The predicted molar refractivity (Wildman–Crippen MR) is 103 cm³/mol. The fourth-order valence-electron chi connectivity index (χ4n) is 4.18. The molecule has 1 aromatic heterocycles. The minimum Gasteiger partial charge on any atom is -0.334 e. The maximum absolute atomic E-state index is 12.9.